The number of carbonyl (C=O) groups is 1. The molecule has 37 heavy (non-hydrogen) atoms. The summed E-state index contributed by atoms with van der Waals surface area (Å²) in [6, 6.07) is 13.8. The van der Waals surface area contributed by atoms with Crippen LogP contribution in [-0.4, -0.2) is 51.9 Å². The van der Waals surface area contributed by atoms with Crippen LogP contribution in [0.25, 0.3) is 22.8 Å². The van der Waals surface area contributed by atoms with Crippen LogP contribution in [0.4, 0.5) is 0 Å². The molecule has 3 aliphatic rings. The van der Waals surface area contributed by atoms with Crippen molar-refractivity contribution in [3.05, 3.63) is 53.1 Å². The summed E-state index contributed by atoms with van der Waals surface area (Å²) in [7, 11) is 0. The van der Waals surface area contributed by atoms with Gasteiger partial charge in [-0.3, -0.25) is 4.79 Å². The van der Waals surface area contributed by atoms with Gasteiger partial charge in [-0.15, -0.1) is 0 Å². The molecule has 1 atom stereocenters. The predicted molar refractivity (Wildman–Crippen MR) is 136 cm³/mol. The molecule has 190 valence electrons. The molecule has 8 nitrogen and oxygen atoms in total. The van der Waals surface area contributed by atoms with E-state index < -0.39 is 11.4 Å². The highest BCUT2D eigenvalue weighted by Crippen LogP contribution is 2.51. The normalized spacial score (nSPS) is 21.8. The number of benzene rings is 2. The van der Waals surface area contributed by atoms with Crippen LogP contribution in [0, 0.1) is 16.7 Å². The minimum absolute atomic E-state index is 0.0321. The van der Waals surface area contributed by atoms with Gasteiger partial charge in [0.05, 0.1) is 17.1 Å². The first kappa shape index (κ1) is 23.7. The van der Waals surface area contributed by atoms with Crippen molar-refractivity contribution in [1.82, 2.24) is 15.0 Å². The number of nitrogens with zero attached hydrogens (tertiary/aromatic N) is 4. The highest BCUT2D eigenvalue weighted by molar-refractivity contribution is 5.78. The van der Waals surface area contributed by atoms with Crippen LogP contribution in [-0.2, 0) is 16.6 Å². The van der Waals surface area contributed by atoms with E-state index in [4.69, 9.17) is 14.2 Å². The Morgan fingerprint density at radius 2 is 2.08 bits per heavy atom. The molecule has 1 N–H and O–H groups in total. The molecule has 6 rings (SSSR count). The van der Waals surface area contributed by atoms with Gasteiger partial charge in [0.2, 0.25) is 5.82 Å². The lowest BCUT2D eigenvalue weighted by molar-refractivity contribution is -0.144. The third kappa shape index (κ3) is 4.08. The Morgan fingerprint density at radius 3 is 2.81 bits per heavy atom. The van der Waals surface area contributed by atoms with Crippen molar-refractivity contribution < 1.29 is 19.2 Å². The highest BCUT2D eigenvalue weighted by Gasteiger charge is 2.53. The fraction of sp³-hybridized carbons (Fsp3) is 0.448. The standard InChI is InChI=1S/C29H30N4O4/c1-18(2)36-24-7-6-19(14-20(24)15-30)26-31-25(32-37-26)22-4-3-5-23-21(22)8-9-28(23)12-13-33(16-28)17-29(10-11-29)27(34)35/h3-7,14,18H,8-13,16-17H2,1-2H3,(H,34,35)/t28-/m1/s1. The van der Waals surface area contributed by atoms with E-state index in [0.29, 0.717) is 35.1 Å². The Morgan fingerprint density at radius 1 is 1.24 bits per heavy atom. The quantitative estimate of drug-likeness (QED) is 0.494. The fourth-order valence-corrected chi connectivity index (χ4v) is 6.15. The van der Waals surface area contributed by atoms with Gasteiger partial charge in [-0.2, -0.15) is 10.2 Å². The molecule has 2 heterocycles. The zero-order chi connectivity index (χ0) is 25.8. The van der Waals surface area contributed by atoms with Crippen molar-refractivity contribution >= 4 is 5.97 Å². The summed E-state index contributed by atoms with van der Waals surface area (Å²) < 4.78 is 11.4. The monoisotopic (exact) mass is 498 g/mol. The number of fused-ring (bicyclic) bond motifs is 2. The predicted octanol–water partition coefficient (Wildman–Crippen LogP) is 4.82. The van der Waals surface area contributed by atoms with E-state index in [1.54, 1.807) is 12.1 Å². The topological polar surface area (TPSA) is 112 Å². The Bertz CT molecular complexity index is 1420. The van der Waals surface area contributed by atoms with Gasteiger partial charge in [0.15, 0.2) is 0 Å². The van der Waals surface area contributed by atoms with Crippen LogP contribution in [0.5, 0.6) is 5.75 Å². The maximum absolute atomic E-state index is 11.7. The molecule has 0 radical (unpaired) electrons. The number of aliphatic carboxylic acids is 1. The van der Waals surface area contributed by atoms with Gasteiger partial charge < -0.3 is 19.3 Å². The van der Waals surface area contributed by atoms with Crippen molar-refractivity contribution in [1.29, 1.82) is 5.26 Å². The Balaban J connectivity index is 1.26. The number of nitriles is 1. The Labute approximate surface area is 215 Å². The second kappa shape index (κ2) is 8.70. The van der Waals surface area contributed by atoms with Crippen LogP contribution < -0.4 is 4.74 Å². The molecule has 2 aliphatic carbocycles. The van der Waals surface area contributed by atoms with Gasteiger partial charge in [0.1, 0.15) is 11.8 Å². The molecule has 0 amide bonds. The molecular formula is C29H30N4O4. The summed E-state index contributed by atoms with van der Waals surface area (Å²) in [5.41, 5.74) is 4.20. The number of hydrogen-bond donors (Lipinski definition) is 1. The van der Waals surface area contributed by atoms with Crippen LogP contribution in [0.2, 0.25) is 0 Å². The summed E-state index contributed by atoms with van der Waals surface area (Å²) in [5.74, 6) is 0.791. The van der Waals surface area contributed by atoms with Gasteiger partial charge in [-0.1, -0.05) is 23.4 Å². The number of ether oxygens (including phenoxy) is 1. The first-order chi connectivity index (χ1) is 17.8. The van der Waals surface area contributed by atoms with Crippen molar-refractivity contribution in [3.8, 4) is 34.7 Å². The molecule has 1 aromatic heterocycles. The molecule has 0 bridgehead atoms. The molecule has 2 aromatic carbocycles. The summed E-state index contributed by atoms with van der Waals surface area (Å²) in [6.45, 7) is 6.33. The minimum atomic E-state index is -0.653. The first-order valence-corrected chi connectivity index (χ1v) is 13.0. The summed E-state index contributed by atoms with van der Waals surface area (Å²) in [5, 5.41) is 23.5. The van der Waals surface area contributed by atoms with Crippen molar-refractivity contribution in [2.75, 3.05) is 19.6 Å². The molecule has 1 aliphatic heterocycles. The van der Waals surface area contributed by atoms with Gasteiger partial charge >= 0.3 is 5.97 Å². The van der Waals surface area contributed by atoms with E-state index in [2.05, 4.69) is 28.3 Å². The van der Waals surface area contributed by atoms with Gasteiger partial charge in [0, 0.05) is 29.6 Å². The third-order valence-corrected chi connectivity index (χ3v) is 8.24. The van der Waals surface area contributed by atoms with Crippen molar-refractivity contribution in [2.45, 2.75) is 57.5 Å². The van der Waals surface area contributed by atoms with E-state index >= 15 is 0 Å². The molecule has 1 spiro atoms. The fourth-order valence-electron chi connectivity index (χ4n) is 6.15. The van der Waals surface area contributed by atoms with Gasteiger partial charge in [-0.25, -0.2) is 0 Å². The molecule has 2 fully saturated rings. The van der Waals surface area contributed by atoms with Crippen molar-refractivity contribution in [3.63, 3.8) is 0 Å². The maximum atomic E-state index is 11.7. The zero-order valence-corrected chi connectivity index (χ0v) is 21.2. The molecule has 0 unspecified atom stereocenters. The maximum Gasteiger partial charge on any atom is 0.310 e. The summed E-state index contributed by atoms with van der Waals surface area (Å²) in [6.07, 6.45) is 4.57. The molecular weight excluding hydrogens is 468 g/mol. The lowest BCUT2D eigenvalue weighted by Gasteiger charge is -2.27. The third-order valence-electron chi connectivity index (χ3n) is 8.24. The van der Waals surface area contributed by atoms with E-state index in [-0.39, 0.29) is 11.5 Å². The summed E-state index contributed by atoms with van der Waals surface area (Å²) in [4.78, 5) is 18.8. The minimum Gasteiger partial charge on any atom is -0.490 e. The number of rotatable bonds is 7. The highest BCUT2D eigenvalue weighted by atomic mass is 16.5. The van der Waals surface area contributed by atoms with E-state index in [9.17, 15) is 15.2 Å². The van der Waals surface area contributed by atoms with Gasteiger partial charge in [-0.05, 0) is 81.8 Å². The van der Waals surface area contributed by atoms with E-state index in [1.807, 2.05) is 26.0 Å². The Kier molecular flexibility index (Phi) is 5.57. The van der Waals surface area contributed by atoms with Crippen LogP contribution in [0.1, 0.15) is 56.2 Å². The zero-order valence-electron chi connectivity index (χ0n) is 21.2. The van der Waals surface area contributed by atoms with Crippen LogP contribution in [0.15, 0.2) is 40.9 Å². The molecule has 3 aromatic rings. The number of hydrogen-bond acceptors (Lipinski definition) is 7. The average molecular weight is 499 g/mol. The second-order valence-corrected chi connectivity index (χ2v) is 11.1. The van der Waals surface area contributed by atoms with Gasteiger partial charge in [0.25, 0.3) is 5.89 Å². The average Bonchev–Trinajstić information content (AvgIpc) is 3.21. The van der Waals surface area contributed by atoms with E-state index in [0.717, 1.165) is 50.8 Å². The SMILES string of the molecule is CC(C)Oc1ccc(-c2nc(-c3cccc4c3CC[C@]43CCN(CC4(C(=O)O)CC4)C3)no2)cc1C#N. The lowest BCUT2D eigenvalue weighted by atomic mass is 9.81. The smallest absolute Gasteiger partial charge is 0.310 e. The van der Waals surface area contributed by atoms with Crippen molar-refractivity contribution in [2.24, 2.45) is 5.41 Å². The first-order valence-electron chi connectivity index (χ1n) is 13.0. The number of likely N-dealkylation sites (tertiary alicyclic amines) is 1. The number of aromatic nitrogens is 2. The van der Waals surface area contributed by atoms with E-state index in [1.165, 1.54) is 11.1 Å². The number of carboxylic acid groups (broad SMARTS) is 1. The van der Waals surface area contributed by atoms with Crippen LogP contribution in [0.3, 0.4) is 0 Å². The molecule has 8 heteroatoms. The second-order valence-electron chi connectivity index (χ2n) is 11.1. The largest absolute Gasteiger partial charge is 0.490 e. The van der Waals surface area contributed by atoms with Crippen LogP contribution >= 0.6 is 0 Å². The Hall–Kier alpha value is -3.70. The lowest BCUT2D eigenvalue weighted by Crippen LogP contribution is -2.35. The molecule has 1 saturated carbocycles. The number of carboxylic acids is 1. The summed E-state index contributed by atoms with van der Waals surface area (Å²) >= 11 is 0. The molecule has 1 saturated heterocycles.